The number of benzene rings is 1. The van der Waals surface area contributed by atoms with Crippen LogP contribution in [0.4, 0.5) is 0 Å². The van der Waals surface area contributed by atoms with E-state index in [0.29, 0.717) is 6.04 Å². The maximum absolute atomic E-state index is 13.2. The number of carbonyl (C=O) groups excluding carboxylic acids is 1. The second kappa shape index (κ2) is 6.73. The SMILES string of the molecule is O=C(NC1CCCCC1)C1(c2nc3ccccc3s2)C=CC=CS1. The summed E-state index contributed by atoms with van der Waals surface area (Å²) in [6.07, 6.45) is 11.8. The molecule has 24 heavy (non-hydrogen) atoms. The van der Waals surface area contributed by atoms with Gasteiger partial charge in [0.2, 0.25) is 5.91 Å². The Balaban J connectivity index is 1.68. The zero-order chi connectivity index (χ0) is 16.4. The van der Waals surface area contributed by atoms with E-state index in [2.05, 4.69) is 11.4 Å². The van der Waals surface area contributed by atoms with Crippen molar-refractivity contribution < 1.29 is 4.79 Å². The Labute approximate surface area is 150 Å². The molecular formula is C19H20N2OS2. The van der Waals surface area contributed by atoms with Gasteiger partial charge in [0, 0.05) is 6.04 Å². The molecule has 4 rings (SSSR count). The van der Waals surface area contributed by atoms with Crippen LogP contribution in [-0.2, 0) is 9.54 Å². The molecule has 1 unspecified atom stereocenters. The third-order valence-electron chi connectivity index (χ3n) is 4.66. The summed E-state index contributed by atoms with van der Waals surface area (Å²) >= 11 is 3.16. The van der Waals surface area contributed by atoms with Crippen molar-refractivity contribution in [2.24, 2.45) is 0 Å². The lowest BCUT2D eigenvalue weighted by atomic mass is 9.94. The summed E-state index contributed by atoms with van der Waals surface area (Å²) in [7, 11) is 0. The topological polar surface area (TPSA) is 42.0 Å². The van der Waals surface area contributed by atoms with Crippen LogP contribution in [0.5, 0.6) is 0 Å². The second-order valence-electron chi connectivity index (χ2n) is 6.34. The minimum Gasteiger partial charge on any atom is -0.351 e. The Bertz CT molecular complexity index is 772. The van der Waals surface area contributed by atoms with Crippen LogP contribution in [0, 0.1) is 0 Å². The van der Waals surface area contributed by atoms with Gasteiger partial charge in [0.25, 0.3) is 0 Å². The highest BCUT2D eigenvalue weighted by atomic mass is 32.2. The molecule has 3 nitrogen and oxygen atoms in total. The van der Waals surface area contributed by atoms with E-state index in [4.69, 9.17) is 4.98 Å². The molecule has 0 spiro atoms. The summed E-state index contributed by atoms with van der Waals surface area (Å²) in [6.45, 7) is 0. The van der Waals surface area contributed by atoms with E-state index in [9.17, 15) is 4.79 Å². The first-order chi connectivity index (χ1) is 11.8. The van der Waals surface area contributed by atoms with Crippen molar-refractivity contribution in [2.45, 2.75) is 42.9 Å². The maximum atomic E-state index is 13.2. The molecule has 1 N–H and O–H groups in total. The van der Waals surface area contributed by atoms with E-state index in [1.165, 1.54) is 19.3 Å². The molecule has 1 amide bonds. The summed E-state index contributed by atoms with van der Waals surface area (Å²) in [5.74, 6) is 0.0686. The van der Waals surface area contributed by atoms with E-state index >= 15 is 0 Å². The van der Waals surface area contributed by atoms with Crippen LogP contribution < -0.4 is 5.32 Å². The van der Waals surface area contributed by atoms with Gasteiger partial charge in [0.15, 0.2) is 4.75 Å². The number of fused-ring (bicyclic) bond motifs is 1. The first-order valence-electron chi connectivity index (χ1n) is 8.47. The molecule has 1 fully saturated rings. The van der Waals surface area contributed by atoms with Crippen molar-refractivity contribution >= 4 is 39.2 Å². The zero-order valence-corrected chi connectivity index (χ0v) is 15.0. The van der Waals surface area contributed by atoms with E-state index in [1.807, 2.05) is 41.8 Å². The van der Waals surface area contributed by atoms with Gasteiger partial charge in [-0.2, -0.15) is 0 Å². The number of nitrogens with one attached hydrogen (secondary N) is 1. The van der Waals surface area contributed by atoms with Gasteiger partial charge in [-0.05, 0) is 30.4 Å². The normalized spacial score (nSPS) is 24.3. The summed E-state index contributed by atoms with van der Waals surface area (Å²) < 4.78 is 0.386. The predicted octanol–water partition coefficient (Wildman–Crippen LogP) is 4.76. The molecule has 2 heterocycles. The highest BCUT2D eigenvalue weighted by Gasteiger charge is 2.42. The second-order valence-corrected chi connectivity index (χ2v) is 8.52. The number of hydrogen-bond acceptors (Lipinski definition) is 4. The molecular weight excluding hydrogens is 336 g/mol. The summed E-state index contributed by atoms with van der Waals surface area (Å²) in [5, 5.41) is 6.15. The van der Waals surface area contributed by atoms with E-state index in [1.54, 1.807) is 23.1 Å². The number of amides is 1. The van der Waals surface area contributed by atoms with E-state index < -0.39 is 4.75 Å². The molecule has 2 aliphatic rings. The minimum absolute atomic E-state index is 0.0686. The number of hydrogen-bond donors (Lipinski definition) is 1. The van der Waals surface area contributed by atoms with Gasteiger partial charge in [-0.3, -0.25) is 4.79 Å². The third kappa shape index (κ3) is 2.91. The van der Waals surface area contributed by atoms with Gasteiger partial charge in [-0.15, -0.1) is 23.1 Å². The van der Waals surface area contributed by atoms with Crippen molar-refractivity contribution in [1.82, 2.24) is 10.3 Å². The van der Waals surface area contributed by atoms with Gasteiger partial charge >= 0.3 is 0 Å². The lowest BCUT2D eigenvalue weighted by molar-refractivity contribution is -0.123. The monoisotopic (exact) mass is 356 g/mol. The molecule has 1 aliphatic carbocycles. The fourth-order valence-electron chi connectivity index (χ4n) is 3.34. The number of thioether (sulfide) groups is 1. The van der Waals surface area contributed by atoms with Crippen molar-refractivity contribution in [3.05, 3.63) is 52.9 Å². The average molecular weight is 357 g/mol. The quantitative estimate of drug-likeness (QED) is 0.862. The average Bonchev–Trinajstić information content (AvgIpc) is 3.08. The molecule has 2 aromatic rings. The Morgan fingerprint density at radius 1 is 1.17 bits per heavy atom. The maximum Gasteiger partial charge on any atom is 0.247 e. The molecule has 1 aromatic carbocycles. The Kier molecular flexibility index (Phi) is 4.46. The number of nitrogens with zero attached hydrogens (tertiary/aromatic N) is 1. The smallest absolute Gasteiger partial charge is 0.247 e. The molecule has 1 aromatic heterocycles. The summed E-state index contributed by atoms with van der Waals surface area (Å²) in [4.78, 5) is 18.0. The molecule has 0 saturated heterocycles. The summed E-state index contributed by atoms with van der Waals surface area (Å²) in [5.41, 5.74) is 0.964. The highest BCUT2D eigenvalue weighted by molar-refractivity contribution is 8.04. The van der Waals surface area contributed by atoms with Crippen LogP contribution in [-0.4, -0.2) is 16.9 Å². The van der Waals surface area contributed by atoms with Gasteiger partial charge in [0.05, 0.1) is 10.2 Å². The largest absolute Gasteiger partial charge is 0.351 e. The molecule has 0 radical (unpaired) electrons. The van der Waals surface area contributed by atoms with Crippen LogP contribution in [0.1, 0.15) is 37.1 Å². The van der Waals surface area contributed by atoms with Crippen molar-refractivity contribution in [3.8, 4) is 0 Å². The van der Waals surface area contributed by atoms with Crippen LogP contribution >= 0.6 is 23.1 Å². The fourth-order valence-corrected chi connectivity index (χ4v) is 5.49. The first-order valence-corrected chi connectivity index (χ1v) is 10.2. The van der Waals surface area contributed by atoms with Crippen molar-refractivity contribution in [1.29, 1.82) is 0 Å². The lowest BCUT2D eigenvalue weighted by Crippen LogP contribution is -2.46. The molecule has 1 atom stereocenters. The highest BCUT2D eigenvalue weighted by Crippen LogP contribution is 2.44. The van der Waals surface area contributed by atoms with Crippen LogP contribution in [0.15, 0.2) is 47.9 Å². The molecule has 1 aliphatic heterocycles. The Hall–Kier alpha value is -1.59. The molecule has 0 bridgehead atoms. The third-order valence-corrected chi connectivity index (χ3v) is 7.14. The van der Waals surface area contributed by atoms with Gasteiger partial charge in [-0.1, -0.05) is 49.6 Å². The van der Waals surface area contributed by atoms with Crippen LogP contribution in [0.25, 0.3) is 10.2 Å². The standard InChI is InChI=1S/C19H20N2OS2/c22-17(20-14-8-2-1-3-9-14)19(12-6-7-13-23-19)18-21-15-10-4-5-11-16(15)24-18/h4-7,10-14H,1-3,8-9H2,(H,20,22). The number of aromatic nitrogens is 1. The minimum atomic E-state index is -0.740. The van der Waals surface area contributed by atoms with Gasteiger partial charge in [0.1, 0.15) is 5.01 Å². The van der Waals surface area contributed by atoms with Gasteiger partial charge < -0.3 is 5.32 Å². The number of carbonyl (C=O) groups is 1. The number of thiazole rings is 1. The van der Waals surface area contributed by atoms with Crippen molar-refractivity contribution in [2.75, 3.05) is 0 Å². The van der Waals surface area contributed by atoms with Crippen molar-refractivity contribution in [3.63, 3.8) is 0 Å². The Morgan fingerprint density at radius 2 is 2.00 bits per heavy atom. The molecule has 1 saturated carbocycles. The van der Waals surface area contributed by atoms with Crippen LogP contribution in [0.3, 0.4) is 0 Å². The van der Waals surface area contributed by atoms with E-state index in [0.717, 1.165) is 28.1 Å². The fraction of sp³-hybridized carbons (Fsp3) is 0.368. The van der Waals surface area contributed by atoms with Gasteiger partial charge in [-0.25, -0.2) is 4.98 Å². The van der Waals surface area contributed by atoms with E-state index in [-0.39, 0.29) is 5.91 Å². The molecule has 124 valence electrons. The lowest BCUT2D eigenvalue weighted by Gasteiger charge is -2.31. The zero-order valence-electron chi connectivity index (χ0n) is 13.4. The van der Waals surface area contributed by atoms with Crippen LogP contribution in [0.2, 0.25) is 0 Å². The first kappa shape index (κ1) is 15.9. The number of para-hydroxylation sites is 1. The molecule has 5 heteroatoms. The predicted molar refractivity (Wildman–Crippen MR) is 102 cm³/mol. The number of allylic oxidation sites excluding steroid dienone is 2. The number of rotatable bonds is 3. The Morgan fingerprint density at radius 3 is 2.75 bits per heavy atom. The summed E-state index contributed by atoms with van der Waals surface area (Å²) in [6, 6.07) is 8.39.